The predicted octanol–water partition coefficient (Wildman–Crippen LogP) is 3.35. The van der Waals surface area contributed by atoms with Crippen molar-refractivity contribution in [3.8, 4) is 0 Å². The molecule has 0 heterocycles. The highest BCUT2D eigenvalue weighted by atomic mass is 16.3. The molecule has 0 spiro atoms. The fraction of sp³-hybridized carbons (Fsp3) is 0.368. The molecule has 2 N–H and O–H groups in total. The summed E-state index contributed by atoms with van der Waals surface area (Å²) in [5, 5.41) is 12.8. The fourth-order valence-electron chi connectivity index (χ4n) is 2.48. The lowest BCUT2D eigenvalue weighted by Crippen LogP contribution is -2.38. The van der Waals surface area contributed by atoms with E-state index in [-0.39, 0.29) is 12.6 Å². The van der Waals surface area contributed by atoms with Crippen molar-refractivity contribution in [3.63, 3.8) is 0 Å². The van der Waals surface area contributed by atoms with E-state index in [0.29, 0.717) is 6.04 Å². The number of nitrogens with one attached hydrogen (secondary N) is 1. The van der Waals surface area contributed by atoms with Crippen molar-refractivity contribution in [2.24, 2.45) is 0 Å². The van der Waals surface area contributed by atoms with Crippen LogP contribution in [0.5, 0.6) is 0 Å². The topological polar surface area (TPSA) is 35.5 Å². The third-order valence-electron chi connectivity index (χ3n) is 4.18. The maximum atomic E-state index is 9.23. The van der Waals surface area contributed by atoms with E-state index in [1.54, 1.807) is 0 Å². The van der Waals surface area contributed by atoms with Crippen LogP contribution in [-0.4, -0.2) is 24.7 Å². The molecule has 3 heteroatoms. The summed E-state index contributed by atoms with van der Waals surface area (Å²) in [5.41, 5.74) is 3.40. The molecule has 22 heavy (non-hydrogen) atoms. The van der Waals surface area contributed by atoms with Crippen molar-refractivity contribution < 1.29 is 5.11 Å². The molecule has 2 unspecified atom stereocenters. The second-order valence-electron chi connectivity index (χ2n) is 5.83. The monoisotopic (exact) mass is 298 g/mol. The van der Waals surface area contributed by atoms with E-state index in [0.717, 1.165) is 12.1 Å². The summed E-state index contributed by atoms with van der Waals surface area (Å²) < 4.78 is 0. The van der Waals surface area contributed by atoms with Gasteiger partial charge in [-0.2, -0.15) is 0 Å². The molecule has 0 saturated carbocycles. The number of rotatable bonds is 7. The third kappa shape index (κ3) is 4.33. The van der Waals surface area contributed by atoms with E-state index in [2.05, 4.69) is 67.5 Å². The average Bonchev–Trinajstić information content (AvgIpc) is 2.59. The predicted molar refractivity (Wildman–Crippen MR) is 93.1 cm³/mol. The minimum atomic E-state index is 0.0910. The standard InChI is InChI=1S/C19H26N2O/c1-15(21(3)19-10-5-4-6-11-19)13-20-16(2)18-9-7-8-17(12-18)14-22/h4-12,15-16,20,22H,13-14H2,1-3H3. The number of aliphatic hydroxyl groups excluding tert-OH is 1. The van der Waals surface area contributed by atoms with Crippen LogP contribution in [0.3, 0.4) is 0 Å². The molecular weight excluding hydrogens is 272 g/mol. The first-order valence-electron chi connectivity index (χ1n) is 7.82. The second-order valence-corrected chi connectivity index (χ2v) is 5.83. The largest absolute Gasteiger partial charge is 0.392 e. The van der Waals surface area contributed by atoms with Crippen LogP contribution >= 0.6 is 0 Å². The SMILES string of the molecule is CC(NCC(C)N(C)c1ccccc1)c1cccc(CO)c1. The molecule has 2 atom stereocenters. The van der Waals surface area contributed by atoms with Gasteiger partial charge >= 0.3 is 0 Å². The highest BCUT2D eigenvalue weighted by molar-refractivity contribution is 5.46. The Morgan fingerprint density at radius 3 is 2.45 bits per heavy atom. The van der Waals surface area contributed by atoms with Gasteiger partial charge in [0.05, 0.1) is 6.61 Å². The number of benzene rings is 2. The molecule has 0 aliphatic rings. The summed E-state index contributed by atoms with van der Waals surface area (Å²) in [4.78, 5) is 2.28. The molecule has 0 aliphatic carbocycles. The van der Waals surface area contributed by atoms with Gasteiger partial charge in [0, 0.05) is 31.4 Å². The van der Waals surface area contributed by atoms with E-state index in [1.165, 1.54) is 11.3 Å². The minimum absolute atomic E-state index is 0.0910. The molecule has 0 aromatic heterocycles. The van der Waals surface area contributed by atoms with Crippen LogP contribution in [0.15, 0.2) is 54.6 Å². The first kappa shape index (κ1) is 16.5. The van der Waals surface area contributed by atoms with Crippen molar-refractivity contribution in [2.45, 2.75) is 32.5 Å². The van der Waals surface area contributed by atoms with Gasteiger partial charge in [-0.1, -0.05) is 42.5 Å². The normalized spacial score (nSPS) is 13.6. The van der Waals surface area contributed by atoms with Crippen molar-refractivity contribution in [2.75, 3.05) is 18.5 Å². The summed E-state index contributed by atoms with van der Waals surface area (Å²) in [6.45, 7) is 5.37. The van der Waals surface area contributed by atoms with Crippen molar-refractivity contribution in [3.05, 3.63) is 65.7 Å². The number of hydrogen-bond acceptors (Lipinski definition) is 3. The fourth-order valence-corrected chi connectivity index (χ4v) is 2.48. The van der Waals surface area contributed by atoms with Gasteiger partial charge in [0.2, 0.25) is 0 Å². The van der Waals surface area contributed by atoms with Crippen LogP contribution in [0, 0.1) is 0 Å². The Morgan fingerprint density at radius 2 is 1.77 bits per heavy atom. The van der Waals surface area contributed by atoms with Crippen LogP contribution in [0.25, 0.3) is 0 Å². The summed E-state index contributed by atoms with van der Waals surface area (Å²) >= 11 is 0. The average molecular weight is 298 g/mol. The van der Waals surface area contributed by atoms with Gasteiger partial charge in [0.1, 0.15) is 0 Å². The molecular formula is C19H26N2O. The van der Waals surface area contributed by atoms with E-state index in [1.807, 2.05) is 18.2 Å². The molecule has 0 saturated heterocycles. The van der Waals surface area contributed by atoms with Crippen LogP contribution in [0.2, 0.25) is 0 Å². The van der Waals surface area contributed by atoms with Crippen LogP contribution in [0.1, 0.15) is 31.0 Å². The maximum absolute atomic E-state index is 9.23. The Labute approximate surface area is 133 Å². The summed E-state index contributed by atoms with van der Waals surface area (Å²) in [7, 11) is 2.12. The lowest BCUT2D eigenvalue weighted by atomic mass is 10.1. The van der Waals surface area contributed by atoms with Crippen molar-refractivity contribution >= 4 is 5.69 Å². The zero-order chi connectivity index (χ0) is 15.9. The molecule has 0 bridgehead atoms. The Morgan fingerprint density at radius 1 is 1.05 bits per heavy atom. The number of anilines is 1. The third-order valence-corrected chi connectivity index (χ3v) is 4.18. The van der Waals surface area contributed by atoms with Crippen LogP contribution < -0.4 is 10.2 Å². The number of aliphatic hydroxyl groups is 1. The van der Waals surface area contributed by atoms with Gasteiger partial charge < -0.3 is 15.3 Å². The molecule has 0 aliphatic heterocycles. The van der Waals surface area contributed by atoms with E-state index >= 15 is 0 Å². The zero-order valence-electron chi connectivity index (χ0n) is 13.7. The maximum Gasteiger partial charge on any atom is 0.0681 e. The van der Waals surface area contributed by atoms with Gasteiger partial charge in [-0.3, -0.25) is 0 Å². The Kier molecular flexibility index (Phi) is 5.99. The van der Waals surface area contributed by atoms with Crippen molar-refractivity contribution in [1.82, 2.24) is 5.32 Å². The number of likely N-dealkylation sites (N-methyl/N-ethyl adjacent to an activating group) is 1. The van der Waals surface area contributed by atoms with Crippen LogP contribution in [-0.2, 0) is 6.61 Å². The molecule has 2 aromatic carbocycles. The van der Waals surface area contributed by atoms with E-state index < -0.39 is 0 Å². The molecule has 118 valence electrons. The Bertz CT molecular complexity index is 571. The Balaban J connectivity index is 1.91. The highest BCUT2D eigenvalue weighted by Gasteiger charge is 2.12. The summed E-state index contributed by atoms with van der Waals surface area (Å²) in [6, 6.07) is 19.2. The Hall–Kier alpha value is -1.84. The molecule has 3 nitrogen and oxygen atoms in total. The smallest absolute Gasteiger partial charge is 0.0681 e. The van der Waals surface area contributed by atoms with E-state index in [9.17, 15) is 5.11 Å². The first-order chi connectivity index (χ1) is 10.6. The number of para-hydroxylation sites is 1. The molecule has 0 radical (unpaired) electrons. The summed E-state index contributed by atoms with van der Waals surface area (Å²) in [5.74, 6) is 0. The van der Waals surface area contributed by atoms with Gasteiger partial charge in [0.25, 0.3) is 0 Å². The second kappa shape index (κ2) is 7.97. The molecule has 0 fully saturated rings. The zero-order valence-corrected chi connectivity index (χ0v) is 13.7. The lowest BCUT2D eigenvalue weighted by molar-refractivity contribution is 0.281. The highest BCUT2D eigenvalue weighted by Crippen LogP contribution is 2.16. The van der Waals surface area contributed by atoms with Gasteiger partial charge in [0.15, 0.2) is 0 Å². The van der Waals surface area contributed by atoms with Crippen molar-refractivity contribution in [1.29, 1.82) is 0 Å². The lowest BCUT2D eigenvalue weighted by Gasteiger charge is -2.28. The van der Waals surface area contributed by atoms with E-state index in [4.69, 9.17) is 0 Å². The number of nitrogens with zero attached hydrogens (tertiary/aromatic N) is 1. The molecule has 2 rings (SSSR count). The van der Waals surface area contributed by atoms with Crippen LogP contribution in [0.4, 0.5) is 5.69 Å². The minimum Gasteiger partial charge on any atom is -0.392 e. The van der Waals surface area contributed by atoms with Gasteiger partial charge in [-0.05, 0) is 37.1 Å². The number of hydrogen-bond donors (Lipinski definition) is 2. The van der Waals surface area contributed by atoms with Gasteiger partial charge in [-0.25, -0.2) is 0 Å². The van der Waals surface area contributed by atoms with Gasteiger partial charge in [-0.15, -0.1) is 0 Å². The quantitative estimate of drug-likeness (QED) is 0.823. The first-order valence-corrected chi connectivity index (χ1v) is 7.82. The molecule has 0 amide bonds. The summed E-state index contributed by atoms with van der Waals surface area (Å²) in [6.07, 6.45) is 0. The molecule has 2 aromatic rings.